The van der Waals surface area contributed by atoms with Gasteiger partial charge in [0.2, 0.25) is 24.0 Å². The van der Waals surface area contributed by atoms with Gasteiger partial charge in [0, 0.05) is 20.3 Å². The molecular formula is C21H24N2O5S3. The van der Waals surface area contributed by atoms with Crippen LogP contribution in [-0.4, -0.2) is 42.1 Å². The summed E-state index contributed by atoms with van der Waals surface area (Å²) in [6.07, 6.45) is 0.623. The van der Waals surface area contributed by atoms with Crippen molar-refractivity contribution < 1.29 is 21.6 Å². The van der Waals surface area contributed by atoms with E-state index in [2.05, 4.69) is 10.3 Å². The van der Waals surface area contributed by atoms with Crippen molar-refractivity contribution in [3.05, 3.63) is 59.7 Å². The molecule has 0 aliphatic carbocycles. The minimum atomic E-state index is -4.02. The van der Waals surface area contributed by atoms with Crippen LogP contribution in [0.15, 0.2) is 67.7 Å². The Balaban J connectivity index is 2.07. The molecule has 0 saturated carbocycles. The Hall–Kier alpha value is -2.27. The predicted octanol–water partition coefficient (Wildman–Crippen LogP) is 3.87. The van der Waals surface area contributed by atoms with E-state index in [-0.39, 0.29) is 24.2 Å². The van der Waals surface area contributed by atoms with Gasteiger partial charge in [0.25, 0.3) is 0 Å². The van der Waals surface area contributed by atoms with Gasteiger partial charge >= 0.3 is 0 Å². The number of nitrogens with one attached hydrogen (secondary N) is 1. The van der Waals surface area contributed by atoms with Gasteiger partial charge in [0.1, 0.15) is 5.00 Å². The van der Waals surface area contributed by atoms with Crippen LogP contribution in [0.4, 0.5) is 5.00 Å². The zero-order valence-electron chi connectivity index (χ0n) is 17.5. The van der Waals surface area contributed by atoms with Gasteiger partial charge in [-0.2, -0.15) is 0 Å². The van der Waals surface area contributed by atoms with Crippen molar-refractivity contribution in [3.8, 4) is 0 Å². The first-order chi connectivity index (χ1) is 14.7. The van der Waals surface area contributed by atoms with E-state index < -0.39 is 19.7 Å². The summed E-state index contributed by atoms with van der Waals surface area (Å²) in [6, 6.07) is 12.7. The minimum Gasteiger partial charge on any atom is -0.385 e. The zero-order valence-corrected chi connectivity index (χ0v) is 19.9. The molecule has 0 saturated heterocycles. The Bertz CT molecular complexity index is 1250. The maximum Gasteiger partial charge on any atom is 0.233 e. The first-order valence-electron chi connectivity index (χ1n) is 9.53. The van der Waals surface area contributed by atoms with E-state index in [1.165, 1.54) is 24.3 Å². The number of thiazole rings is 1. The van der Waals surface area contributed by atoms with Crippen LogP contribution >= 0.6 is 11.3 Å². The average molecular weight is 481 g/mol. The molecule has 1 N–H and O–H groups in total. The normalized spacial score (nSPS) is 12.1. The van der Waals surface area contributed by atoms with Gasteiger partial charge in [-0.25, -0.2) is 21.8 Å². The molecule has 7 nitrogen and oxygen atoms in total. The summed E-state index contributed by atoms with van der Waals surface area (Å²) >= 11 is 0.818. The van der Waals surface area contributed by atoms with Gasteiger partial charge in [0.15, 0.2) is 5.03 Å². The number of methoxy groups -OCH3 is 1. The molecule has 166 valence electrons. The molecule has 1 aromatic heterocycles. The summed E-state index contributed by atoms with van der Waals surface area (Å²) in [6.45, 7) is 4.61. The monoisotopic (exact) mass is 480 g/mol. The number of rotatable bonds is 9. The quantitative estimate of drug-likeness (QED) is 0.464. The van der Waals surface area contributed by atoms with Crippen molar-refractivity contribution in [2.45, 2.75) is 39.4 Å². The summed E-state index contributed by atoms with van der Waals surface area (Å²) in [4.78, 5) is 4.22. The lowest BCUT2D eigenvalue weighted by atomic mass is 10.2. The molecule has 0 atom stereocenters. The van der Waals surface area contributed by atoms with E-state index >= 15 is 0 Å². The topological polar surface area (TPSA) is 102 Å². The molecule has 3 rings (SSSR count). The second kappa shape index (κ2) is 9.47. The third kappa shape index (κ3) is 5.15. The number of nitrogens with zero attached hydrogens (tertiary/aromatic N) is 1. The van der Waals surface area contributed by atoms with Gasteiger partial charge in [-0.1, -0.05) is 46.7 Å². The van der Waals surface area contributed by atoms with E-state index in [1.807, 2.05) is 13.8 Å². The molecule has 10 heteroatoms. The van der Waals surface area contributed by atoms with Crippen LogP contribution in [0.3, 0.4) is 0 Å². The molecule has 0 radical (unpaired) electrons. The van der Waals surface area contributed by atoms with Crippen LogP contribution in [0.1, 0.15) is 17.5 Å². The van der Waals surface area contributed by atoms with Crippen molar-refractivity contribution in [3.63, 3.8) is 0 Å². The number of ether oxygens (including phenoxy) is 1. The summed E-state index contributed by atoms with van der Waals surface area (Å²) < 4.78 is 57.5. The Labute approximate surface area is 187 Å². The summed E-state index contributed by atoms with van der Waals surface area (Å²) in [7, 11) is -6.40. The van der Waals surface area contributed by atoms with Gasteiger partial charge in [-0.3, -0.25) is 0 Å². The van der Waals surface area contributed by atoms with Crippen LogP contribution in [0.2, 0.25) is 0 Å². The minimum absolute atomic E-state index is 0.0580. The van der Waals surface area contributed by atoms with Crippen LogP contribution in [-0.2, 0) is 24.4 Å². The van der Waals surface area contributed by atoms with Crippen molar-refractivity contribution in [1.29, 1.82) is 0 Å². The maximum atomic E-state index is 13.3. The highest BCUT2D eigenvalue weighted by atomic mass is 32.2. The number of benzene rings is 2. The lowest BCUT2D eigenvalue weighted by Gasteiger charge is -2.07. The summed E-state index contributed by atoms with van der Waals surface area (Å²) in [5.74, 6) is 0. The van der Waals surface area contributed by atoms with Crippen LogP contribution < -0.4 is 5.32 Å². The summed E-state index contributed by atoms with van der Waals surface area (Å²) in [5.41, 5.74) is 1.83. The molecule has 0 amide bonds. The van der Waals surface area contributed by atoms with Crippen LogP contribution in [0.5, 0.6) is 0 Å². The first-order valence-corrected chi connectivity index (χ1v) is 13.3. The molecule has 3 aromatic rings. The Morgan fingerprint density at radius 2 is 1.39 bits per heavy atom. The van der Waals surface area contributed by atoms with Crippen molar-refractivity contribution in [1.82, 2.24) is 4.98 Å². The molecule has 1 heterocycles. The Kier molecular flexibility index (Phi) is 7.15. The molecule has 31 heavy (non-hydrogen) atoms. The fourth-order valence-corrected chi connectivity index (χ4v) is 7.08. The van der Waals surface area contributed by atoms with E-state index in [4.69, 9.17) is 4.74 Å². The number of hydrogen-bond acceptors (Lipinski definition) is 8. The highest BCUT2D eigenvalue weighted by molar-refractivity contribution is 7.94. The third-order valence-corrected chi connectivity index (χ3v) is 9.52. The molecule has 0 bridgehead atoms. The average Bonchev–Trinajstić information content (AvgIpc) is 3.18. The molecule has 0 fully saturated rings. The SMILES string of the molecule is COCCCNc1sc(S(=O)(=O)c2ccc(C)cc2)nc1S(=O)(=O)c1ccc(C)cc1. The first kappa shape index (κ1) is 23.4. The fourth-order valence-electron chi connectivity index (χ4n) is 2.76. The van der Waals surface area contributed by atoms with E-state index in [9.17, 15) is 16.8 Å². The Morgan fingerprint density at radius 1 is 0.871 bits per heavy atom. The molecule has 0 aliphatic heterocycles. The highest BCUT2D eigenvalue weighted by Gasteiger charge is 2.31. The zero-order chi connectivity index (χ0) is 22.6. The standard InChI is InChI=1S/C21H24N2O5S3/c1-15-5-9-17(10-6-15)30(24,25)20-19(22-13-4-14-28-3)29-21(23-20)31(26,27)18-11-7-16(2)8-12-18/h5-12,22H,4,13-14H2,1-3H3. The molecular weight excluding hydrogens is 456 g/mol. The van der Waals surface area contributed by atoms with Gasteiger partial charge in [0.05, 0.1) is 9.79 Å². The second-order valence-electron chi connectivity index (χ2n) is 7.02. The van der Waals surface area contributed by atoms with E-state index in [0.717, 1.165) is 22.5 Å². The summed E-state index contributed by atoms with van der Waals surface area (Å²) in [5, 5.41) is 2.93. The van der Waals surface area contributed by atoms with E-state index in [0.29, 0.717) is 19.6 Å². The third-order valence-electron chi connectivity index (χ3n) is 4.53. The molecule has 0 unspecified atom stereocenters. The fraction of sp³-hybridized carbons (Fsp3) is 0.286. The molecule has 0 spiro atoms. The predicted molar refractivity (Wildman–Crippen MR) is 120 cm³/mol. The number of anilines is 1. The number of aromatic nitrogens is 1. The van der Waals surface area contributed by atoms with Crippen molar-refractivity contribution in [2.24, 2.45) is 0 Å². The van der Waals surface area contributed by atoms with Gasteiger partial charge in [-0.05, 0) is 44.5 Å². The van der Waals surface area contributed by atoms with Crippen LogP contribution in [0.25, 0.3) is 0 Å². The van der Waals surface area contributed by atoms with Gasteiger partial charge in [-0.15, -0.1) is 0 Å². The van der Waals surface area contributed by atoms with Crippen molar-refractivity contribution >= 4 is 36.0 Å². The maximum absolute atomic E-state index is 13.3. The lowest BCUT2D eigenvalue weighted by molar-refractivity contribution is 0.198. The second-order valence-corrected chi connectivity index (χ2v) is 12.0. The van der Waals surface area contributed by atoms with Gasteiger partial charge < -0.3 is 10.1 Å². The van der Waals surface area contributed by atoms with Crippen LogP contribution in [0, 0.1) is 13.8 Å². The number of sulfone groups is 2. The molecule has 2 aromatic carbocycles. The Morgan fingerprint density at radius 3 is 1.90 bits per heavy atom. The van der Waals surface area contributed by atoms with Crippen molar-refractivity contribution in [2.75, 3.05) is 25.6 Å². The number of aryl methyl sites for hydroxylation is 2. The lowest BCUT2D eigenvalue weighted by Crippen LogP contribution is -2.09. The largest absolute Gasteiger partial charge is 0.385 e. The molecule has 0 aliphatic rings. The van der Waals surface area contributed by atoms with E-state index in [1.54, 1.807) is 31.4 Å². The highest BCUT2D eigenvalue weighted by Crippen LogP contribution is 2.36. The number of hydrogen-bond donors (Lipinski definition) is 1. The smallest absolute Gasteiger partial charge is 0.233 e.